The van der Waals surface area contributed by atoms with Crippen LogP contribution in [0.3, 0.4) is 0 Å². The molecule has 2 aromatic carbocycles. The van der Waals surface area contributed by atoms with E-state index in [0.29, 0.717) is 12.0 Å². The topological polar surface area (TPSA) is 60.7 Å². The van der Waals surface area contributed by atoms with E-state index < -0.39 is 0 Å². The maximum atomic E-state index is 12.8. The standard InChI is InChI=1S/C31H36N4OS/c36-30-29(20-28-21-32-25-33-22-28)23-35(31(34-30)37-24-27-17-11-7-12-18-27)19-13-5-3-1-2-4-8-14-26-15-9-6-10-16-26/h6-7,9-12,15-18,21-23,25H,1-5,8,13-14,19-20,24H2. The third-order valence-corrected chi connectivity index (χ3v) is 7.52. The zero-order valence-corrected chi connectivity index (χ0v) is 22.3. The lowest BCUT2D eigenvalue weighted by Crippen LogP contribution is -2.20. The van der Waals surface area contributed by atoms with Crippen molar-refractivity contribution >= 4 is 11.8 Å². The van der Waals surface area contributed by atoms with Crippen LogP contribution in [0.15, 0.2) is 95.5 Å². The second-order valence-corrected chi connectivity index (χ2v) is 10.4. The molecule has 37 heavy (non-hydrogen) atoms. The average Bonchev–Trinajstić information content (AvgIpc) is 2.94. The Morgan fingerprint density at radius 1 is 0.703 bits per heavy atom. The summed E-state index contributed by atoms with van der Waals surface area (Å²) in [6.45, 7) is 0.872. The number of aromatic nitrogens is 4. The number of rotatable bonds is 15. The maximum Gasteiger partial charge on any atom is 0.277 e. The van der Waals surface area contributed by atoms with Gasteiger partial charge >= 0.3 is 0 Å². The summed E-state index contributed by atoms with van der Waals surface area (Å²) < 4.78 is 2.17. The number of aryl methyl sites for hydroxylation is 2. The van der Waals surface area contributed by atoms with Crippen molar-refractivity contribution < 1.29 is 0 Å². The number of thioether (sulfide) groups is 1. The van der Waals surface area contributed by atoms with Gasteiger partial charge in [-0.05, 0) is 36.0 Å². The van der Waals surface area contributed by atoms with Crippen molar-refractivity contribution in [2.45, 2.75) is 75.2 Å². The number of nitrogens with zero attached hydrogens (tertiary/aromatic N) is 4. The van der Waals surface area contributed by atoms with Crippen LogP contribution in [0.4, 0.5) is 0 Å². The Hall–Kier alpha value is -3.25. The lowest BCUT2D eigenvalue weighted by atomic mass is 10.0. The molecule has 6 heteroatoms. The van der Waals surface area contributed by atoms with Crippen LogP contribution in [-0.2, 0) is 25.1 Å². The summed E-state index contributed by atoms with van der Waals surface area (Å²) in [5.41, 5.74) is 4.12. The molecule has 0 spiro atoms. The van der Waals surface area contributed by atoms with Crippen molar-refractivity contribution in [1.82, 2.24) is 19.5 Å². The largest absolute Gasteiger partial charge is 0.327 e. The monoisotopic (exact) mass is 512 g/mol. The molecule has 0 aliphatic carbocycles. The van der Waals surface area contributed by atoms with E-state index in [0.717, 1.165) is 29.4 Å². The summed E-state index contributed by atoms with van der Waals surface area (Å²) in [5, 5.41) is 0.794. The van der Waals surface area contributed by atoms with E-state index in [1.54, 1.807) is 24.2 Å². The molecular formula is C31H36N4OS. The van der Waals surface area contributed by atoms with Gasteiger partial charge < -0.3 is 4.57 Å². The molecule has 0 unspecified atom stereocenters. The molecule has 192 valence electrons. The minimum absolute atomic E-state index is 0.161. The van der Waals surface area contributed by atoms with Gasteiger partial charge in [0.2, 0.25) is 0 Å². The molecule has 0 amide bonds. The minimum Gasteiger partial charge on any atom is -0.327 e. The van der Waals surface area contributed by atoms with Crippen molar-refractivity contribution in [3.8, 4) is 0 Å². The highest BCUT2D eigenvalue weighted by atomic mass is 32.2. The Morgan fingerprint density at radius 2 is 1.32 bits per heavy atom. The second kappa shape index (κ2) is 15.1. The van der Waals surface area contributed by atoms with E-state index in [2.05, 4.69) is 62.0 Å². The molecule has 0 saturated heterocycles. The van der Waals surface area contributed by atoms with Gasteiger partial charge in [0.25, 0.3) is 5.56 Å². The molecule has 0 bridgehead atoms. The summed E-state index contributed by atoms with van der Waals surface area (Å²) in [6.07, 6.45) is 17.4. The fourth-order valence-electron chi connectivity index (χ4n) is 4.42. The van der Waals surface area contributed by atoms with Crippen molar-refractivity contribution in [3.05, 3.63) is 118 Å². The highest BCUT2D eigenvalue weighted by molar-refractivity contribution is 7.98. The summed E-state index contributed by atoms with van der Waals surface area (Å²) in [5.74, 6) is 0.794. The number of benzene rings is 2. The molecular weight excluding hydrogens is 476 g/mol. The second-order valence-electron chi connectivity index (χ2n) is 9.46. The van der Waals surface area contributed by atoms with Crippen LogP contribution in [0.2, 0.25) is 0 Å². The first-order chi connectivity index (χ1) is 18.3. The van der Waals surface area contributed by atoms with E-state index >= 15 is 0 Å². The smallest absolute Gasteiger partial charge is 0.277 e. The lowest BCUT2D eigenvalue weighted by Gasteiger charge is -2.14. The summed E-state index contributed by atoms with van der Waals surface area (Å²) >= 11 is 1.63. The van der Waals surface area contributed by atoms with Crippen LogP contribution < -0.4 is 5.56 Å². The number of hydrogen-bond acceptors (Lipinski definition) is 5. The van der Waals surface area contributed by atoms with Crippen LogP contribution in [0.5, 0.6) is 0 Å². The van der Waals surface area contributed by atoms with Gasteiger partial charge in [-0.25, -0.2) is 9.97 Å². The van der Waals surface area contributed by atoms with Gasteiger partial charge in [0, 0.05) is 42.9 Å². The SMILES string of the molecule is O=c1nc(SCc2ccccc2)n(CCCCCCCCCc2ccccc2)cc1Cc1cncnc1. The molecule has 0 aliphatic rings. The molecule has 0 radical (unpaired) electrons. The molecule has 0 aliphatic heterocycles. The first-order valence-corrected chi connectivity index (χ1v) is 14.3. The Balaban J connectivity index is 1.27. The maximum absolute atomic E-state index is 12.8. The van der Waals surface area contributed by atoms with E-state index in [1.807, 2.05) is 24.4 Å². The van der Waals surface area contributed by atoms with Crippen LogP contribution >= 0.6 is 11.8 Å². The van der Waals surface area contributed by atoms with Crippen molar-refractivity contribution in [2.75, 3.05) is 0 Å². The Morgan fingerprint density at radius 3 is 2.03 bits per heavy atom. The van der Waals surface area contributed by atoms with Gasteiger partial charge in [-0.1, -0.05) is 105 Å². The first kappa shape index (κ1) is 26.8. The van der Waals surface area contributed by atoms with E-state index in [4.69, 9.17) is 0 Å². The van der Waals surface area contributed by atoms with Crippen molar-refractivity contribution in [2.24, 2.45) is 0 Å². The lowest BCUT2D eigenvalue weighted by molar-refractivity contribution is 0.515. The van der Waals surface area contributed by atoms with Gasteiger partial charge in [-0.3, -0.25) is 4.79 Å². The van der Waals surface area contributed by atoms with E-state index in [9.17, 15) is 4.79 Å². The Bertz CT molecular complexity index is 1250. The quantitative estimate of drug-likeness (QED) is 0.0986. The third kappa shape index (κ3) is 9.29. The van der Waals surface area contributed by atoms with Crippen LogP contribution in [0.1, 0.15) is 67.2 Å². The highest BCUT2D eigenvalue weighted by Gasteiger charge is 2.11. The molecule has 4 aromatic rings. The zero-order valence-electron chi connectivity index (χ0n) is 21.5. The van der Waals surface area contributed by atoms with Gasteiger partial charge in [0.05, 0.1) is 0 Å². The van der Waals surface area contributed by atoms with Crippen molar-refractivity contribution in [3.63, 3.8) is 0 Å². The molecule has 0 saturated carbocycles. The Kier molecular flexibility index (Phi) is 10.9. The highest BCUT2D eigenvalue weighted by Crippen LogP contribution is 2.21. The van der Waals surface area contributed by atoms with Crippen LogP contribution in [0.25, 0.3) is 0 Å². The first-order valence-electron chi connectivity index (χ1n) is 13.3. The predicted octanol–water partition coefficient (Wildman–Crippen LogP) is 6.89. The number of hydrogen-bond donors (Lipinski definition) is 0. The van der Waals surface area contributed by atoms with Gasteiger partial charge in [-0.15, -0.1) is 0 Å². The predicted molar refractivity (Wildman–Crippen MR) is 152 cm³/mol. The molecule has 0 fully saturated rings. The third-order valence-electron chi connectivity index (χ3n) is 6.46. The fourth-order valence-corrected chi connectivity index (χ4v) is 5.37. The fraction of sp³-hybridized carbons (Fsp3) is 0.355. The van der Waals surface area contributed by atoms with Crippen molar-refractivity contribution in [1.29, 1.82) is 0 Å². The van der Waals surface area contributed by atoms with E-state index in [-0.39, 0.29) is 5.56 Å². The molecule has 4 rings (SSSR count). The molecule has 2 aromatic heterocycles. The minimum atomic E-state index is -0.161. The summed E-state index contributed by atoms with van der Waals surface area (Å²) in [7, 11) is 0. The summed E-state index contributed by atoms with van der Waals surface area (Å²) in [4.78, 5) is 25.5. The van der Waals surface area contributed by atoms with Gasteiger partial charge in [-0.2, -0.15) is 4.98 Å². The van der Waals surface area contributed by atoms with Crippen LogP contribution in [0, 0.1) is 0 Å². The molecule has 5 nitrogen and oxygen atoms in total. The normalized spacial score (nSPS) is 11.0. The van der Waals surface area contributed by atoms with E-state index in [1.165, 1.54) is 62.4 Å². The molecule has 0 atom stereocenters. The average molecular weight is 513 g/mol. The van der Waals surface area contributed by atoms with Crippen LogP contribution in [-0.4, -0.2) is 19.5 Å². The number of unbranched alkanes of at least 4 members (excludes halogenated alkanes) is 6. The zero-order chi connectivity index (χ0) is 25.5. The molecule has 0 N–H and O–H groups in total. The summed E-state index contributed by atoms with van der Waals surface area (Å²) in [6, 6.07) is 21.1. The molecule has 2 heterocycles. The van der Waals surface area contributed by atoms with Gasteiger partial charge in [0.15, 0.2) is 5.16 Å². The van der Waals surface area contributed by atoms with Gasteiger partial charge in [0.1, 0.15) is 6.33 Å². The Labute approximate surface area is 224 Å².